The first-order chi connectivity index (χ1) is 7.06. The van der Waals surface area contributed by atoms with Crippen molar-refractivity contribution in [1.82, 2.24) is 9.97 Å². The molecular formula is C12H14N2O. The van der Waals surface area contributed by atoms with Crippen LogP contribution in [0.15, 0.2) is 30.7 Å². The van der Waals surface area contributed by atoms with Crippen molar-refractivity contribution < 1.29 is 4.74 Å². The van der Waals surface area contributed by atoms with Gasteiger partial charge in [-0.05, 0) is 38.3 Å². The second-order valence-electron chi connectivity index (χ2n) is 4.43. The summed E-state index contributed by atoms with van der Waals surface area (Å²) in [5.41, 5.74) is -0.239. The quantitative estimate of drug-likeness (QED) is 0.713. The molecule has 0 amide bonds. The number of pyridine rings is 2. The fraction of sp³-hybridized carbons (Fsp3) is 0.333. The molecule has 2 heterocycles. The third-order valence-corrected chi connectivity index (χ3v) is 1.93. The Balaban J connectivity index is 2.52. The Morgan fingerprint density at radius 3 is 2.60 bits per heavy atom. The molecule has 3 nitrogen and oxygen atoms in total. The van der Waals surface area contributed by atoms with Crippen LogP contribution in [0.5, 0.6) is 5.88 Å². The Labute approximate surface area is 89.1 Å². The van der Waals surface area contributed by atoms with Gasteiger partial charge in [0, 0.05) is 18.6 Å². The highest BCUT2D eigenvalue weighted by molar-refractivity contribution is 5.85. The Morgan fingerprint density at radius 1 is 1.13 bits per heavy atom. The molecule has 0 bridgehead atoms. The number of hydrogen-bond acceptors (Lipinski definition) is 3. The van der Waals surface area contributed by atoms with Crippen LogP contribution in [0.3, 0.4) is 0 Å². The average molecular weight is 202 g/mol. The van der Waals surface area contributed by atoms with E-state index in [1.165, 1.54) is 0 Å². The number of hydrogen-bond donors (Lipinski definition) is 0. The van der Waals surface area contributed by atoms with Crippen LogP contribution in [0, 0.1) is 0 Å². The van der Waals surface area contributed by atoms with Gasteiger partial charge in [-0.3, -0.25) is 4.98 Å². The minimum atomic E-state index is -0.239. The number of fused-ring (bicyclic) bond motifs is 1. The third kappa shape index (κ3) is 2.24. The molecule has 2 rings (SSSR count). The van der Waals surface area contributed by atoms with Crippen LogP contribution in [0.4, 0.5) is 0 Å². The monoisotopic (exact) mass is 202 g/mol. The van der Waals surface area contributed by atoms with E-state index in [0.717, 1.165) is 10.8 Å². The lowest BCUT2D eigenvalue weighted by Crippen LogP contribution is -2.23. The van der Waals surface area contributed by atoms with Crippen LogP contribution in [-0.4, -0.2) is 15.6 Å². The second-order valence-corrected chi connectivity index (χ2v) is 4.43. The van der Waals surface area contributed by atoms with Crippen molar-refractivity contribution in [2.75, 3.05) is 0 Å². The molecule has 0 N–H and O–H groups in total. The number of aromatic nitrogens is 2. The normalized spacial score (nSPS) is 11.7. The van der Waals surface area contributed by atoms with Gasteiger partial charge in [-0.2, -0.15) is 0 Å². The molecule has 0 aliphatic rings. The molecule has 0 radical (unpaired) electrons. The van der Waals surface area contributed by atoms with Gasteiger partial charge in [0.25, 0.3) is 0 Å². The number of rotatable bonds is 1. The molecule has 0 atom stereocenters. The lowest BCUT2D eigenvalue weighted by atomic mass is 10.2. The predicted octanol–water partition coefficient (Wildman–Crippen LogP) is 2.81. The molecule has 3 heteroatoms. The molecule has 2 aromatic rings. The van der Waals surface area contributed by atoms with Crippen molar-refractivity contribution in [3.05, 3.63) is 30.7 Å². The van der Waals surface area contributed by atoms with Crippen molar-refractivity contribution in [3.8, 4) is 5.88 Å². The van der Waals surface area contributed by atoms with Crippen LogP contribution >= 0.6 is 0 Å². The van der Waals surface area contributed by atoms with Gasteiger partial charge in [-0.1, -0.05) is 0 Å². The Hall–Kier alpha value is -1.64. The SMILES string of the molecule is CC(C)(C)Oc1nccc2ccncc12. The molecule has 0 aliphatic carbocycles. The zero-order chi connectivity index (χ0) is 10.9. The topological polar surface area (TPSA) is 35.0 Å². The smallest absolute Gasteiger partial charge is 0.223 e. The molecule has 0 aliphatic heterocycles. The summed E-state index contributed by atoms with van der Waals surface area (Å²) in [4.78, 5) is 8.31. The molecule has 78 valence electrons. The largest absolute Gasteiger partial charge is 0.471 e. The van der Waals surface area contributed by atoms with E-state index >= 15 is 0 Å². The molecule has 0 fully saturated rings. The number of nitrogens with zero attached hydrogens (tertiary/aromatic N) is 2. The van der Waals surface area contributed by atoms with E-state index in [1.807, 2.05) is 32.9 Å². The predicted molar refractivity (Wildman–Crippen MR) is 59.9 cm³/mol. The summed E-state index contributed by atoms with van der Waals surface area (Å²) in [6.07, 6.45) is 5.30. The van der Waals surface area contributed by atoms with Crippen molar-refractivity contribution >= 4 is 10.8 Å². The Morgan fingerprint density at radius 2 is 1.87 bits per heavy atom. The van der Waals surface area contributed by atoms with E-state index in [1.54, 1.807) is 18.6 Å². The maximum absolute atomic E-state index is 5.76. The molecule has 0 saturated heterocycles. The lowest BCUT2D eigenvalue weighted by molar-refractivity contribution is 0.126. The van der Waals surface area contributed by atoms with Crippen molar-refractivity contribution in [3.63, 3.8) is 0 Å². The van der Waals surface area contributed by atoms with Crippen molar-refractivity contribution in [2.45, 2.75) is 26.4 Å². The summed E-state index contributed by atoms with van der Waals surface area (Å²) in [5.74, 6) is 0.646. The molecule has 15 heavy (non-hydrogen) atoms. The van der Waals surface area contributed by atoms with E-state index in [9.17, 15) is 0 Å². The fourth-order valence-corrected chi connectivity index (χ4v) is 1.36. The van der Waals surface area contributed by atoms with Gasteiger partial charge >= 0.3 is 0 Å². The summed E-state index contributed by atoms with van der Waals surface area (Å²) >= 11 is 0. The first-order valence-corrected chi connectivity index (χ1v) is 4.94. The molecule has 2 aromatic heterocycles. The average Bonchev–Trinajstić information content (AvgIpc) is 2.16. The summed E-state index contributed by atoms with van der Waals surface area (Å²) in [6.45, 7) is 6.01. The van der Waals surface area contributed by atoms with Crippen LogP contribution in [0.25, 0.3) is 10.8 Å². The fourth-order valence-electron chi connectivity index (χ4n) is 1.36. The first kappa shape index (κ1) is 9.90. The van der Waals surface area contributed by atoms with Crippen molar-refractivity contribution in [1.29, 1.82) is 0 Å². The third-order valence-electron chi connectivity index (χ3n) is 1.93. The van der Waals surface area contributed by atoms with E-state index in [-0.39, 0.29) is 5.60 Å². The maximum atomic E-state index is 5.76. The summed E-state index contributed by atoms with van der Waals surface area (Å²) < 4.78 is 5.76. The van der Waals surface area contributed by atoms with E-state index in [2.05, 4.69) is 9.97 Å². The lowest BCUT2D eigenvalue weighted by Gasteiger charge is -2.21. The highest BCUT2D eigenvalue weighted by atomic mass is 16.5. The molecule has 0 spiro atoms. The molecule has 0 aromatic carbocycles. The highest BCUT2D eigenvalue weighted by Gasteiger charge is 2.14. The Bertz CT molecular complexity index is 469. The van der Waals surface area contributed by atoms with E-state index in [0.29, 0.717) is 5.88 Å². The van der Waals surface area contributed by atoms with Gasteiger partial charge in [0.05, 0.1) is 5.39 Å². The molecular weight excluding hydrogens is 188 g/mol. The van der Waals surface area contributed by atoms with Gasteiger partial charge in [-0.25, -0.2) is 4.98 Å². The Kier molecular flexibility index (Phi) is 2.31. The van der Waals surface area contributed by atoms with Crippen LogP contribution in [-0.2, 0) is 0 Å². The summed E-state index contributed by atoms with van der Waals surface area (Å²) in [7, 11) is 0. The van der Waals surface area contributed by atoms with Crippen molar-refractivity contribution in [2.24, 2.45) is 0 Å². The van der Waals surface area contributed by atoms with Gasteiger partial charge in [-0.15, -0.1) is 0 Å². The standard InChI is InChI=1S/C12H14N2O/c1-12(2,3)15-11-10-8-13-6-4-9(10)5-7-14-11/h4-8H,1-3H3. The zero-order valence-electron chi connectivity index (χ0n) is 9.19. The van der Waals surface area contributed by atoms with E-state index in [4.69, 9.17) is 4.74 Å². The summed E-state index contributed by atoms with van der Waals surface area (Å²) in [5, 5.41) is 2.05. The van der Waals surface area contributed by atoms with Gasteiger partial charge < -0.3 is 4.74 Å². The van der Waals surface area contributed by atoms with Gasteiger partial charge in [0.1, 0.15) is 5.60 Å². The second kappa shape index (κ2) is 3.50. The summed E-state index contributed by atoms with van der Waals surface area (Å²) in [6, 6.07) is 3.90. The minimum absolute atomic E-state index is 0.239. The highest BCUT2D eigenvalue weighted by Crippen LogP contribution is 2.24. The zero-order valence-corrected chi connectivity index (χ0v) is 9.19. The molecule has 0 saturated carbocycles. The first-order valence-electron chi connectivity index (χ1n) is 4.94. The van der Waals surface area contributed by atoms with Crippen LogP contribution in [0.1, 0.15) is 20.8 Å². The van der Waals surface area contributed by atoms with E-state index < -0.39 is 0 Å². The maximum Gasteiger partial charge on any atom is 0.223 e. The van der Waals surface area contributed by atoms with Gasteiger partial charge in [0.2, 0.25) is 5.88 Å². The van der Waals surface area contributed by atoms with Gasteiger partial charge in [0.15, 0.2) is 0 Å². The van der Waals surface area contributed by atoms with Crippen LogP contribution < -0.4 is 4.74 Å². The van der Waals surface area contributed by atoms with Crippen LogP contribution in [0.2, 0.25) is 0 Å². The minimum Gasteiger partial charge on any atom is -0.471 e. The number of ether oxygens (including phenoxy) is 1. The molecule has 0 unspecified atom stereocenters.